The number of hydrogen-bond acceptors (Lipinski definition) is 18. The molecule has 0 spiro atoms. The second kappa shape index (κ2) is 29.0. The zero-order valence-electron chi connectivity index (χ0n) is 44.1. The lowest BCUT2D eigenvalue weighted by molar-refractivity contribution is -0.138. The summed E-state index contributed by atoms with van der Waals surface area (Å²) in [6.45, 7) is 1.94. The molecule has 3 heterocycles. The molecule has 82 heavy (non-hydrogen) atoms. The van der Waals surface area contributed by atoms with Crippen molar-refractivity contribution in [2.45, 2.75) is 46.7 Å². The van der Waals surface area contributed by atoms with E-state index in [1.54, 1.807) is 60.4 Å². The predicted octanol–water partition coefficient (Wildman–Crippen LogP) is 4.17. The van der Waals surface area contributed by atoms with Crippen molar-refractivity contribution in [2.24, 2.45) is 17.3 Å². The van der Waals surface area contributed by atoms with E-state index >= 15 is 0 Å². The molecule has 0 fully saturated rings. The van der Waals surface area contributed by atoms with Crippen LogP contribution in [0.2, 0.25) is 0 Å². The van der Waals surface area contributed by atoms with Crippen LogP contribution in [0.3, 0.4) is 0 Å². The molecule has 0 unspecified atom stereocenters. The van der Waals surface area contributed by atoms with Crippen molar-refractivity contribution < 1.29 is 63.5 Å². The summed E-state index contributed by atoms with van der Waals surface area (Å²) in [7, 11) is -11.1. The highest BCUT2D eigenvalue weighted by molar-refractivity contribution is 7.89. The lowest BCUT2D eigenvalue weighted by atomic mass is 10.1. The SMILES string of the molecule is Cn1cc(C(=O)NC[C@H](NS(=O)(=O)c2ccc(-c3ccc(S(=O)(=O)NCCCOCCOCCOCCCNC(=O)c4ccc(N=NCc5ccccc5S(=O)(=O)O)nc4)cc3)cc2)C(=O)O)c(=O)c2ccc(CNc3ncc[nH]3)cc21. The number of aromatic amines is 1. The van der Waals surface area contributed by atoms with E-state index in [-0.39, 0.29) is 69.2 Å². The molecule has 8 N–H and O–H groups in total. The Balaban J connectivity index is 0.737. The highest BCUT2D eigenvalue weighted by Crippen LogP contribution is 2.24. The van der Waals surface area contributed by atoms with E-state index in [9.17, 15) is 54.1 Å². The van der Waals surface area contributed by atoms with Gasteiger partial charge in [-0.15, -0.1) is 5.11 Å². The highest BCUT2D eigenvalue weighted by Gasteiger charge is 2.27. The maximum Gasteiger partial charge on any atom is 0.323 e. The number of nitrogens with one attached hydrogen (secondary N) is 6. The Bertz CT molecular complexity index is 3760. The van der Waals surface area contributed by atoms with Gasteiger partial charge in [0, 0.05) is 76.6 Å². The van der Waals surface area contributed by atoms with Gasteiger partial charge in [0.05, 0.1) is 58.7 Å². The van der Waals surface area contributed by atoms with E-state index in [4.69, 9.17) is 14.2 Å². The smallest absolute Gasteiger partial charge is 0.323 e. The fourth-order valence-electron chi connectivity index (χ4n) is 7.86. The molecule has 3 aromatic heterocycles. The summed E-state index contributed by atoms with van der Waals surface area (Å²) in [5, 5.41) is 26.3. The van der Waals surface area contributed by atoms with Crippen LogP contribution in [0.15, 0.2) is 158 Å². The zero-order chi connectivity index (χ0) is 58.7. The predicted molar refractivity (Wildman–Crippen MR) is 299 cm³/mol. The average Bonchev–Trinajstić information content (AvgIpc) is 4.09. The van der Waals surface area contributed by atoms with Crippen molar-refractivity contribution in [3.63, 3.8) is 0 Å². The summed E-state index contributed by atoms with van der Waals surface area (Å²) < 4.78 is 108. The lowest BCUT2D eigenvalue weighted by Crippen LogP contribution is -2.48. The minimum Gasteiger partial charge on any atom is -0.480 e. The van der Waals surface area contributed by atoms with Crippen LogP contribution in [0.4, 0.5) is 11.8 Å². The Hall–Kier alpha value is -8.13. The molecule has 7 rings (SSSR count). The number of carboxylic acid groups (broad SMARTS) is 1. The molecule has 0 saturated heterocycles. The number of fused-ring (bicyclic) bond motifs is 1. The van der Waals surface area contributed by atoms with Crippen LogP contribution >= 0.6 is 0 Å². The molecule has 0 aliphatic carbocycles. The van der Waals surface area contributed by atoms with Crippen molar-refractivity contribution in [1.82, 2.24) is 39.6 Å². The molecule has 0 aliphatic heterocycles. The number of rotatable bonds is 32. The normalized spacial score (nSPS) is 12.4. The number of nitrogens with zero attached hydrogens (tertiary/aromatic N) is 5. The van der Waals surface area contributed by atoms with Gasteiger partial charge >= 0.3 is 5.97 Å². The number of imidazole rings is 1. The third-order valence-corrected chi connectivity index (χ3v) is 16.0. The van der Waals surface area contributed by atoms with Gasteiger partial charge in [0.15, 0.2) is 11.8 Å². The van der Waals surface area contributed by atoms with Gasteiger partial charge in [0.2, 0.25) is 25.5 Å². The number of benzene rings is 4. The first-order chi connectivity index (χ1) is 39.3. The van der Waals surface area contributed by atoms with Gasteiger partial charge in [-0.3, -0.25) is 23.7 Å². The number of aliphatic carboxylic acids is 1. The number of carbonyl (C=O) groups is 3. The fraction of sp³-hybridized carbons (Fsp3) is 0.283. The number of ether oxygens (including phenoxy) is 3. The Labute approximate surface area is 471 Å². The molecule has 2 amide bonds. The maximum absolute atomic E-state index is 13.4. The molecule has 4 aromatic carbocycles. The number of amides is 2. The third kappa shape index (κ3) is 17.7. The Morgan fingerprint density at radius 2 is 1.39 bits per heavy atom. The molecule has 29 heteroatoms. The number of sulfonamides is 2. The van der Waals surface area contributed by atoms with Crippen LogP contribution in [0.1, 0.15) is 44.7 Å². The van der Waals surface area contributed by atoms with Crippen molar-refractivity contribution >= 4 is 70.6 Å². The largest absolute Gasteiger partial charge is 0.480 e. The van der Waals surface area contributed by atoms with Crippen LogP contribution in [0, 0.1) is 0 Å². The quantitative estimate of drug-likeness (QED) is 0.0167. The van der Waals surface area contributed by atoms with Gasteiger partial charge in [0.25, 0.3) is 21.9 Å². The molecule has 434 valence electrons. The molecular weight excluding hydrogens is 1130 g/mol. The fourth-order valence-corrected chi connectivity index (χ4v) is 10.8. The maximum atomic E-state index is 13.4. The minimum atomic E-state index is -4.44. The van der Waals surface area contributed by atoms with Gasteiger partial charge < -0.3 is 44.8 Å². The van der Waals surface area contributed by atoms with Gasteiger partial charge in [-0.05, 0) is 89.7 Å². The van der Waals surface area contributed by atoms with Crippen LogP contribution in [-0.2, 0) is 69.3 Å². The van der Waals surface area contributed by atoms with E-state index in [1.807, 2.05) is 0 Å². The summed E-state index contributed by atoms with van der Waals surface area (Å²) in [6, 6.07) is 23.5. The molecule has 1 atom stereocenters. The van der Waals surface area contributed by atoms with Crippen LogP contribution in [0.5, 0.6) is 0 Å². The Kier molecular flexibility index (Phi) is 21.8. The van der Waals surface area contributed by atoms with Gasteiger partial charge in [-0.2, -0.15) is 18.3 Å². The van der Waals surface area contributed by atoms with E-state index in [0.29, 0.717) is 80.5 Å². The third-order valence-electron chi connectivity index (χ3n) is 12.1. The number of anilines is 1. The first-order valence-electron chi connectivity index (χ1n) is 25.3. The van der Waals surface area contributed by atoms with Crippen molar-refractivity contribution in [3.05, 3.63) is 160 Å². The second-order valence-corrected chi connectivity index (χ2v) is 22.9. The van der Waals surface area contributed by atoms with Crippen LogP contribution < -0.4 is 30.8 Å². The number of aromatic nitrogens is 4. The summed E-state index contributed by atoms with van der Waals surface area (Å²) >= 11 is 0. The summed E-state index contributed by atoms with van der Waals surface area (Å²) in [5.74, 6) is -2.04. The monoisotopic (exact) mass is 1190 g/mol. The van der Waals surface area contributed by atoms with Gasteiger partial charge in [-0.25, -0.2) is 31.5 Å². The second-order valence-electron chi connectivity index (χ2n) is 18.0. The molecule has 0 radical (unpaired) electrons. The molecule has 0 aliphatic rings. The number of pyridine rings is 2. The Morgan fingerprint density at radius 3 is 2.01 bits per heavy atom. The number of aryl methyl sites for hydroxylation is 1. The molecular formula is C53H59N11O15S3. The van der Waals surface area contributed by atoms with Crippen molar-refractivity contribution in [1.29, 1.82) is 0 Å². The molecule has 26 nitrogen and oxygen atoms in total. The average molecular weight is 1190 g/mol. The van der Waals surface area contributed by atoms with E-state index < -0.39 is 60.1 Å². The number of carbonyl (C=O) groups excluding carboxylic acids is 2. The summed E-state index contributed by atoms with van der Waals surface area (Å²) in [6.07, 6.45) is 6.87. The van der Waals surface area contributed by atoms with Crippen LogP contribution in [-0.4, -0.2) is 138 Å². The zero-order valence-corrected chi connectivity index (χ0v) is 46.5. The summed E-state index contributed by atoms with van der Waals surface area (Å²) in [5.41, 5.74) is 2.20. The number of hydrogen-bond donors (Lipinski definition) is 8. The standard InChI is InChI=1S/C53H59N11O15S3/c1-64-35-44(49(65)43-18-8-36(30-46(43)64)31-59-53-55-22-23-56-53)51(67)58-34-45(52(68)69)63-81(72,73)42-16-11-38(12-17-42)37-9-14-41(15-10-37)80(70,71)61-21-5-25-78-27-29-79-28-26-77-24-4-20-54-50(66)40-13-19-48(57-32-40)62-60-33-39-6-2-3-7-47(39)82(74,75)76/h2-3,6-19,22-23,30,32,35,45,61,63H,4-5,20-21,24-29,31,33-34H2,1H3,(H,54,66)(H,58,67)(H,68,69)(H2,55,56,59)(H,74,75,76)/t45-/m0/s1. The van der Waals surface area contributed by atoms with E-state index in [2.05, 4.69) is 50.6 Å². The summed E-state index contributed by atoms with van der Waals surface area (Å²) in [4.78, 5) is 61.8. The first-order valence-corrected chi connectivity index (χ1v) is 29.7. The van der Waals surface area contributed by atoms with Gasteiger partial charge in [-0.1, -0.05) is 48.5 Å². The van der Waals surface area contributed by atoms with Gasteiger partial charge in [0.1, 0.15) is 11.6 Å². The highest BCUT2D eigenvalue weighted by atomic mass is 32.2. The van der Waals surface area contributed by atoms with E-state index in [0.717, 1.165) is 5.56 Å². The number of carboxylic acids is 1. The van der Waals surface area contributed by atoms with E-state index in [1.165, 1.54) is 79.1 Å². The topological polar surface area (TPSA) is 370 Å². The molecule has 0 saturated carbocycles. The van der Waals surface area contributed by atoms with Crippen molar-refractivity contribution in [3.8, 4) is 11.1 Å². The lowest BCUT2D eigenvalue weighted by Gasteiger charge is -2.16. The number of H-pyrrole nitrogens is 1. The Morgan fingerprint density at radius 1 is 0.744 bits per heavy atom. The van der Waals surface area contributed by atoms with Crippen LogP contribution in [0.25, 0.3) is 22.0 Å². The molecule has 7 aromatic rings. The van der Waals surface area contributed by atoms with Crippen molar-refractivity contribution in [2.75, 3.05) is 64.6 Å². The number of azo groups is 1. The first kappa shape index (κ1) is 61.5. The molecule has 0 bridgehead atoms. The minimum absolute atomic E-state index is 0.00318.